The molecule has 2 rings (SSSR count). The van der Waals surface area contributed by atoms with Crippen LogP contribution >= 0.6 is 0 Å². The third kappa shape index (κ3) is 3.70. The van der Waals surface area contributed by atoms with E-state index in [4.69, 9.17) is 9.15 Å². The molecule has 1 aromatic rings. The summed E-state index contributed by atoms with van der Waals surface area (Å²) in [6.45, 7) is 10.5. The number of nitrogens with zero attached hydrogens (tertiary/aromatic N) is 2. The molecule has 0 N–H and O–H groups in total. The highest BCUT2D eigenvalue weighted by Crippen LogP contribution is 2.24. The number of rotatable bonds is 5. The van der Waals surface area contributed by atoms with E-state index in [1.165, 1.54) is 13.5 Å². The van der Waals surface area contributed by atoms with Gasteiger partial charge < -0.3 is 14.1 Å². The van der Waals surface area contributed by atoms with Gasteiger partial charge >= 0.3 is 5.97 Å². The van der Waals surface area contributed by atoms with Crippen LogP contribution < -0.4 is 0 Å². The fourth-order valence-corrected chi connectivity index (χ4v) is 3.46. The van der Waals surface area contributed by atoms with Crippen molar-refractivity contribution in [2.45, 2.75) is 39.8 Å². The largest absolute Gasteiger partial charge is 0.465 e. The van der Waals surface area contributed by atoms with Crippen LogP contribution in [0.3, 0.4) is 0 Å². The Hall–Kier alpha value is -1.33. The minimum Gasteiger partial charge on any atom is -0.465 e. The molecule has 1 aliphatic rings. The fraction of sp³-hybridized carbons (Fsp3) is 0.706. The second kappa shape index (κ2) is 7.29. The molecule has 22 heavy (non-hydrogen) atoms. The van der Waals surface area contributed by atoms with Gasteiger partial charge in [0.15, 0.2) is 0 Å². The first-order valence-electron chi connectivity index (χ1n) is 8.06. The zero-order chi connectivity index (χ0) is 16.3. The maximum atomic E-state index is 11.7. The summed E-state index contributed by atoms with van der Waals surface area (Å²) in [7, 11) is 3.53. The monoisotopic (exact) mass is 308 g/mol. The van der Waals surface area contributed by atoms with Crippen molar-refractivity contribution in [1.29, 1.82) is 0 Å². The smallest absolute Gasteiger partial charge is 0.341 e. The Balaban J connectivity index is 2.00. The Morgan fingerprint density at radius 3 is 2.86 bits per heavy atom. The number of carbonyl (C=O) groups is 1. The zero-order valence-corrected chi connectivity index (χ0v) is 14.4. The molecule has 5 heteroatoms. The molecule has 0 spiro atoms. The Labute approximate surface area is 133 Å². The third-order valence-corrected chi connectivity index (χ3v) is 4.74. The molecule has 124 valence electrons. The highest BCUT2D eigenvalue weighted by molar-refractivity contribution is 5.90. The molecule has 0 aromatic carbocycles. The van der Waals surface area contributed by atoms with Crippen molar-refractivity contribution in [3.8, 4) is 0 Å². The topological polar surface area (TPSA) is 45.9 Å². The van der Waals surface area contributed by atoms with Crippen LogP contribution in [0.2, 0.25) is 0 Å². The van der Waals surface area contributed by atoms with Crippen molar-refractivity contribution in [3.63, 3.8) is 0 Å². The second-order valence-corrected chi connectivity index (χ2v) is 6.32. The summed E-state index contributed by atoms with van der Waals surface area (Å²) < 4.78 is 10.5. The second-order valence-electron chi connectivity index (χ2n) is 6.32. The molecule has 1 aliphatic heterocycles. The first-order valence-corrected chi connectivity index (χ1v) is 8.06. The molecular weight excluding hydrogens is 280 g/mol. The highest BCUT2D eigenvalue weighted by Gasteiger charge is 2.29. The van der Waals surface area contributed by atoms with Crippen LogP contribution in [0.5, 0.6) is 0 Å². The van der Waals surface area contributed by atoms with Gasteiger partial charge in [0, 0.05) is 12.6 Å². The normalized spacial score (nSPS) is 23.0. The van der Waals surface area contributed by atoms with Gasteiger partial charge in [0.2, 0.25) is 0 Å². The van der Waals surface area contributed by atoms with Gasteiger partial charge in [-0.1, -0.05) is 13.8 Å². The number of ether oxygens (including phenoxy) is 1. The third-order valence-electron chi connectivity index (χ3n) is 4.74. The van der Waals surface area contributed by atoms with E-state index in [9.17, 15) is 4.79 Å². The molecule has 0 saturated carbocycles. The van der Waals surface area contributed by atoms with Gasteiger partial charge in [0.05, 0.1) is 13.7 Å². The SMILES string of the molecule is CCN1CC[C@H](N(C)Cc2cc(C(=O)OC)c(C)o2)[C@H](C)C1. The van der Waals surface area contributed by atoms with Crippen molar-refractivity contribution in [3.05, 3.63) is 23.2 Å². The summed E-state index contributed by atoms with van der Waals surface area (Å²) in [5.74, 6) is 1.75. The minimum atomic E-state index is -0.334. The molecule has 1 saturated heterocycles. The number of furan rings is 1. The molecule has 1 aromatic heterocycles. The molecule has 5 nitrogen and oxygen atoms in total. The van der Waals surface area contributed by atoms with E-state index in [0.29, 0.717) is 23.3 Å². The number of hydrogen-bond donors (Lipinski definition) is 0. The standard InChI is InChI=1S/C17H28N2O3/c1-6-19-8-7-16(12(2)10-19)18(4)11-14-9-15(13(3)22-14)17(20)21-5/h9,12,16H,6-8,10-11H2,1-5H3/t12-,16+/m1/s1. The summed E-state index contributed by atoms with van der Waals surface area (Å²) in [6.07, 6.45) is 1.18. The quantitative estimate of drug-likeness (QED) is 0.782. The molecule has 0 aliphatic carbocycles. The van der Waals surface area contributed by atoms with Crippen molar-refractivity contribution in [2.24, 2.45) is 5.92 Å². The van der Waals surface area contributed by atoms with E-state index in [1.54, 1.807) is 6.92 Å². The number of carbonyl (C=O) groups excluding carboxylic acids is 1. The molecule has 2 heterocycles. The van der Waals surface area contributed by atoms with E-state index in [-0.39, 0.29) is 5.97 Å². The predicted molar refractivity (Wildman–Crippen MR) is 85.9 cm³/mol. The summed E-state index contributed by atoms with van der Waals surface area (Å²) in [6, 6.07) is 2.36. The molecule has 2 atom stereocenters. The molecule has 0 amide bonds. The fourth-order valence-electron chi connectivity index (χ4n) is 3.46. The Morgan fingerprint density at radius 1 is 1.55 bits per heavy atom. The average molecular weight is 308 g/mol. The van der Waals surface area contributed by atoms with Gasteiger partial charge in [-0.2, -0.15) is 0 Å². The van der Waals surface area contributed by atoms with Gasteiger partial charge in [-0.3, -0.25) is 4.90 Å². The number of methoxy groups -OCH3 is 1. The molecule has 0 bridgehead atoms. The number of piperidine rings is 1. The maximum absolute atomic E-state index is 11.7. The number of likely N-dealkylation sites (tertiary alicyclic amines) is 1. The van der Waals surface area contributed by atoms with Gasteiger partial charge in [-0.15, -0.1) is 0 Å². The molecule has 0 unspecified atom stereocenters. The number of aryl methyl sites for hydroxylation is 1. The van der Waals surface area contributed by atoms with E-state index < -0.39 is 0 Å². The first kappa shape index (κ1) is 17.0. The van der Waals surface area contributed by atoms with Crippen molar-refractivity contribution < 1.29 is 13.9 Å². The summed E-state index contributed by atoms with van der Waals surface area (Å²) in [5.41, 5.74) is 0.528. The van der Waals surface area contributed by atoms with Crippen LogP contribution in [0.15, 0.2) is 10.5 Å². The van der Waals surface area contributed by atoms with Crippen LogP contribution in [0.1, 0.15) is 42.1 Å². The lowest BCUT2D eigenvalue weighted by molar-refractivity contribution is 0.0599. The highest BCUT2D eigenvalue weighted by atomic mass is 16.5. The maximum Gasteiger partial charge on any atom is 0.341 e. The number of esters is 1. The van der Waals surface area contributed by atoms with Crippen LogP contribution in [-0.4, -0.2) is 55.6 Å². The van der Waals surface area contributed by atoms with Crippen molar-refractivity contribution >= 4 is 5.97 Å². The lowest BCUT2D eigenvalue weighted by atomic mass is 9.92. The first-order chi connectivity index (χ1) is 10.5. The van der Waals surface area contributed by atoms with E-state index in [1.807, 2.05) is 6.07 Å². The van der Waals surface area contributed by atoms with Crippen LogP contribution in [0, 0.1) is 12.8 Å². The average Bonchev–Trinajstić information content (AvgIpc) is 2.86. The van der Waals surface area contributed by atoms with E-state index in [2.05, 4.69) is 30.7 Å². The lowest BCUT2D eigenvalue weighted by Gasteiger charge is -2.40. The van der Waals surface area contributed by atoms with E-state index >= 15 is 0 Å². The van der Waals surface area contributed by atoms with Crippen LogP contribution in [0.4, 0.5) is 0 Å². The van der Waals surface area contributed by atoms with E-state index in [0.717, 1.165) is 31.9 Å². The molecule has 1 fully saturated rings. The molecular formula is C17H28N2O3. The van der Waals surface area contributed by atoms with Crippen LogP contribution in [-0.2, 0) is 11.3 Å². The Kier molecular flexibility index (Phi) is 5.64. The Morgan fingerprint density at radius 2 is 2.27 bits per heavy atom. The van der Waals surface area contributed by atoms with Crippen molar-refractivity contribution in [1.82, 2.24) is 9.80 Å². The lowest BCUT2D eigenvalue weighted by Crippen LogP contribution is -2.48. The molecule has 0 radical (unpaired) electrons. The minimum absolute atomic E-state index is 0.334. The summed E-state index contributed by atoms with van der Waals surface area (Å²) >= 11 is 0. The van der Waals surface area contributed by atoms with Gasteiger partial charge in [0.1, 0.15) is 17.1 Å². The van der Waals surface area contributed by atoms with Gasteiger partial charge in [-0.25, -0.2) is 4.79 Å². The predicted octanol–water partition coefficient (Wildman–Crippen LogP) is 2.54. The van der Waals surface area contributed by atoms with Gasteiger partial charge in [0.25, 0.3) is 0 Å². The Bertz CT molecular complexity index is 512. The summed E-state index contributed by atoms with van der Waals surface area (Å²) in [5, 5.41) is 0. The van der Waals surface area contributed by atoms with Crippen molar-refractivity contribution in [2.75, 3.05) is 33.8 Å². The van der Waals surface area contributed by atoms with Crippen LogP contribution in [0.25, 0.3) is 0 Å². The van der Waals surface area contributed by atoms with Gasteiger partial charge in [-0.05, 0) is 45.5 Å². The zero-order valence-electron chi connectivity index (χ0n) is 14.4. The summed E-state index contributed by atoms with van der Waals surface area (Å²) in [4.78, 5) is 16.5. The number of hydrogen-bond acceptors (Lipinski definition) is 5.